The highest BCUT2D eigenvalue weighted by atomic mass is 16.2. The first-order valence-electron chi connectivity index (χ1n) is 6.38. The minimum absolute atomic E-state index is 0.127. The van der Waals surface area contributed by atoms with Crippen LogP contribution in [0.4, 0.5) is 5.82 Å². The molecule has 1 saturated heterocycles. The summed E-state index contributed by atoms with van der Waals surface area (Å²) in [5.74, 6) is 0.0281. The van der Waals surface area contributed by atoms with E-state index >= 15 is 0 Å². The number of nitrogens with one attached hydrogen (secondary N) is 1. The van der Waals surface area contributed by atoms with E-state index in [1.165, 1.54) is 0 Å². The number of hydrogen-bond acceptors (Lipinski definition) is 4. The molecule has 1 fully saturated rings. The van der Waals surface area contributed by atoms with E-state index in [4.69, 9.17) is 5.73 Å². The Balaban J connectivity index is 2.28. The molecule has 0 radical (unpaired) electrons. The van der Waals surface area contributed by atoms with Crippen LogP contribution < -0.4 is 11.1 Å². The second kappa shape index (κ2) is 5.26. The van der Waals surface area contributed by atoms with Crippen molar-refractivity contribution in [2.75, 3.05) is 18.8 Å². The van der Waals surface area contributed by atoms with E-state index < -0.39 is 6.04 Å². The molecule has 2 rings (SSSR count). The van der Waals surface area contributed by atoms with Gasteiger partial charge in [0.2, 0.25) is 5.91 Å². The fourth-order valence-electron chi connectivity index (χ4n) is 2.14. The molecule has 1 aliphatic rings. The monoisotopic (exact) mass is 262 g/mol. The van der Waals surface area contributed by atoms with Gasteiger partial charge in [0.1, 0.15) is 11.9 Å². The van der Waals surface area contributed by atoms with Crippen molar-refractivity contribution in [3.8, 4) is 0 Å². The van der Waals surface area contributed by atoms with Gasteiger partial charge in [0.25, 0.3) is 5.91 Å². The Labute approximate surface area is 112 Å². The van der Waals surface area contributed by atoms with Crippen molar-refractivity contribution < 1.29 is 9.59 Å². The van der Waals surface area contributed by atoms with Gasteiger partial charge in [0, 0.05) is 24.3 Å². The third kappa shape index (κ3) is 2.67. The highest BCUT2D eigenvalue weighted by Gasteiger charge is 2.30. The Morgan fingerprint density at radius 1 is 1.58 bits per heavy atom. The van der Waals surface area contributed by atoms with Gasteiger partial charge >= 0.3 is 0 Å². The number of nitrogen functional groups attached to an aromatic ring is 1. The van der Waals surface area contributed by atoms with Gasteiger partial charge < -0.3 is 16.0 Å². The summed E-state index contributed by atoms with van der Waals surface area (Å²) >= 11 is 0. The number of pyridine rings is 1. The normalized spacial score (nSPS) is 19.2. The molecule has 6 nitrogen and oxygen atoms in total. The lowest BCUT2D eigenvalue weighted by atomic mass is 10.1. The maximum absolute atomic E-state index is 12.4. The van der Waals surface area contributed by atoms with Crippen molar-refractivity contribution in [2.24, 2.45) is 0 Å². The summed E-state index contributed by atoms with van der Waals surface area (Å²) in [5, 5.41) is 2.73. The third-order valence-electron chi connectivity index (χ3n) is 3.27. The van der Waals surface area contributed by atoms with Crippen LogP contribution in [0.15, 0.2) is 12.1 Å². The number of carbonyl (C=O) groups is 2. The van der Waals surface area contributed by atoms with Crippen LogP contribution in [0.1, 0.15) is 29.9 Å². The Morgan fingerprint density at radius 2 is 2.32 bits per heavy atom. The molecule has 1 aromatic rings. The van der Waals surface area contributed by atoms with Crippen molar-refractivity contribution in [2.45, 2.75) is 26.3 Å². The van der Waals surface area contributed by atoms with E-state index in [2.05, 4.69) is 10.3 Å². The molecule has 0 aromatic carbocycles. The number of carbonyl (C=O) groups excluding carboxylic acids is 2. The molecule has 19 heavy (non-hydrogen) atoms. The van der Waals surface area contributed by atoms with Crippen LogP contribution >= 0.6 is 0 Å². The number of hydrogen-bond donors (Lipinski definition) is 2. The molecule has 1 aromatic heterocycles. The van der Waals surface area contributed by atoms with Crippen LogP contribution in [0.25, 0.3) is 0 Å². The first-order valence-corrected chi connectivity index (χ1v) is 6.38. The molecular formula is C13H18N4O2. The lowest BCUT2D eigenvalue weighted by Crippen LogP contribution is -2.55. The van der Waals surface area contributed by atoms with Crippen LogP contribution in [0.2, 0.25) is 0 Å². The zero-order valence-electron chi connectivity index (χ0n) is 11.1. The molecule has 0 spiro atoms. The quantitative estimate of drug-likeness (QED) is 0.796. The number of rotatable bonds is 2. The average molecular weight is 262 g/mol. The molecule has 1 atom stereocenters. The number of anilines is 1. The van der Waals surface area contributed by atoms with Crippen LogP contribution in [0.5, 0.6) is 0 Å². The smallest absolute Gasteiger partial charge is 0.254 e. The molecule has 1 aliphatic heterocycles. The average Bonchev–Trinajstić information content (AvgIpc) is 2.40. The van der Waals surface area contributed by atoms with Gasteiger partial charge in [0.05, 0.1) is 0 Å². The largest absolute Gasteiger partial charge is 0.384 e. The summed E-state index contributed by atoms with van der Waals surface area (Å²) in [6.45, 7) is 4.66. The van der Waals surface area contributed by atoms with Crippen molar-refractivity contribution in [1.29, 1.82) is 0 Å². The number of nitrogens with two attached hydrogens (primary N) is 1. The van der Waals surface area contributed by atoms with Gasteiger partial charge in [-0.05, 0) is 25.5 Å². The van der Waals surface area contributed by atoms with Gasteiger partial charge in [-0.15, -0.1) is 0 Å². The number of amides is 2. The van der Waals surface area contributed by atoms with Crippen LogP contribution in [0.3, 0.4) is 0 Å². The van der Waals surface area contributed by atoms with Gasteiger partial charge in [0.15, 0.2) is 0 Å². The third-order valence-corrected chi connectivity index (χ3v) is 3.27. The summed E-state index contributed by atoms with van der Waals surface area (Å²) < 4.78 is 0. The van der Waals surface area contributed by atoms with Crippen LogP contribution in [0, 0.1) is 0 Å². The fourth-order valence-corrected chi connectivity index (χ4v) is 2.14. The summed E-state index contributed by atoms with van der Waals surface area (Å²) in [5.41, 5.74) is 6.97. The Bertz CT molecular complexity index is 515. The fraction of sp³-hybridized carbons (Fsp3) is 0.462. The Kier molecular flexibility index (Phi) is 3.69. The molecule has 6 heteroatoms. The number of nitrogens with zero attached hydrogens (tertiary/aromatic N) is 2. The number of aromatic nitrogens is 1. The summed E-state index contributed by atoms with van der Waals surface area (Å²) in [6, 6.07) is 2.83. The molecule has 3 N–H and O–H groups in total. The van der Waals surface area contributed by atoms with Crippen molar-refractivity contribution in [1.82, 2.24) is 15.2 Å². The zero-order valence-corrected chi connectivity index (χ0v) is 11.1. The molecule has 1 unspecified atom stereocenters. The van der Waals surface area contributed by atoms with E-state index in [0.717, 1.165) is 5.69 Å². The predicted molar refractivity (Wildman–Crippen MR) is 71.5 cm³/mol. The van der Waals surface area contributed by atoms with Crippen LogP contribution in [-0.2, 0) is 11.2 Å². The first-order chi connectivity index (χ1) is 9.02. The second-order valence-corrected chi connectivity index (χ2v) is 4.59. The van der Waals surface area contributed by atoms with E-state index in [1.54, 1.807) is 24.0 Å². The van der Waals surface area contributed by atoms with Crippen molar-refractivity contribution in [3.63, 3.8) is 0 Å². The number of aryl methyl sites for hydroxylation is 1. The Hall–Kier alpha value is -2.11. The summed E-state index contributed by atoms with van der Waals surface area (Å²) in [4.78, 5) is 29.7. The lowest BCUT2D eigenvalue weighted by Gasteiger charge is -2.32. The van der Waals surface area contributed by atoms with Gasteiger partial charge in [-0.25, -0.2) is 4.98 Å². The molecule has 2 amide bonds. The predicted octanol–water partition coefficient (Wildman–Crippen LogP) is 0.187. The van der Waals surface area contributed by atoms with Crippen molar-refractivity contribution in [3.05, 3.63) is 23.4 Å². The summed E-state index contributed by atoms with van der Waals surface area (Å²) in [7, 11) is 0. The molecule has 2 heterocycles. The minimum Gasteiger partial charge on any atom is -0.384 e. The molecular weight excluding hydrogens is 244 g/mol. The van der Waals surface area contributed by atoms with E-state index in [9.17, 15) is 9.59 Å². The van der Waals surface area contributed by atoms with Crippen molar-refractivity contribution >= 4 is 17.6 Å². The Morgan fingerprint density at radius 3 is 3.00 bits per heavy atom. The lowest BCUT2D eigenvalue weighted by molar-refractivity contribution is -0.127. The number of piperazine rings is 1. The van der Waals surface area contributed by atoms with Gasteiger partial charge in [-0.2, -0.15) is 0 Å². The van der Waals surface area contributed by atoms with E-state index in [1.807, 2.05) is 6.92 Å². The van der Waals surface area contributed by atoms with E-state index in [-0.39, 0.29) is 11.8 Å². The van der Waals surface area contributed by atoms with Gasteiger partial charge in [-0.1, -0.05) is 6.92 Å². The van der Waals surface area contributed by atoms with Crippen LogP contribution in [-0.4, -0.2) is 40.8 Å². The summed E-state index contributed by atoms with van der Waals surface area (Å²) in [6.07, 6.45) is 0.710. The second-order valence-electron chi connectivity index (χ2n) is 4.59. The first kappa shape index (κ1) is 13.3. The molecule has 0 aliphatic carbocycles. The zero-order chi connectivity index (χ0) is 14.0. The highest BCUT2D eigenvalue weighted by molar-refractivity contribution is 5.98. The highest BCUT2D eigenvalue weighted by Crippen LogP contribution is 2.14. The molecule has 0 saturated carbocycles. The molecule has 102 valence electrons. The minimum atomic E-state index is -0.458. The van der Waals surface area contributed by atoms with Gasteiger partial charge in [-0.3, -0.25) is 9.59 Å². The SMILES string of the molecule is CCc1cc(C(=O)N2CCNC(=O)C2C)cc(N)n1. The maximum atomic E-state index is 12.4. The standard InChI is InChI=1S/C13H18N4O2/c1-3-10-6-9(7-11(14)16-10)13(19)17-5-4-15-12(18)8(17)2/h6-8H,3-5H2,1-2H3,(H2,14,16)(H,15,18). The maximum Gasteiger partial charge on any atom is 0.254 e. The van der Waals surface area contributed by atoms with E-state index in [0.29, 0.717) is 30.9 Å². The topological polar surface area (TPSA) is 88.3 Å². The molecule has 0 bridgehead atoms.